The minimum Gasteiger partial charge on any atom is -0.216 e. The Kier molecular flexibility index (Phi) is 3.70. The van der Waals surface area contributed by atoms with Crippen molar-refractivity contribution in [3.8, 4) is 28.6 Å². The minimum absolute atomic E-state index is 0.342. The van der Waals surface area contributed by atoms with Gasteiger partial charge in [-0.2, -0.15) is 5.26 Å². The van der Waals surface area contributed by atoms with Crippen LogP contribution >= 0.6 is 0 Å². The fraction of sp³-hybridized carbons (Fsp3) is 0.0500. The smallest absolute Gasteiger partial charge is 0.182 e. The van der Waals surface area contributed by atoms with Crippen LogP contribution < -0.4 is 0 Å². The van der Waals surface area contributed by atoms with Crippen molar-refractivity contribution in [2.24, 2.45) is 0 Å². The molecule has 4 aromatic rings. The molecule has 0 bridgehead atoms. The minimum atomic E-state index is -0.343. The Morgan fingerprint density at radius 3 is 2.08 bits per heavy atom. The second kappa shape index (κ2) is 6.05. The lowest BCUT2D eigenvalue weighted by atomic mass is 10.0. The predicted molar refractivity (Wildman–Crippen MR) is 93.2 cm³/mol. The predicted octanol–water partition coefficient (Wildman–Crippen LogP) is 4.52. The van der Waals surface area contributed by atoms with Gasteiger partial charge >= 0.3 is 0 Å². The number of nitriles is 1. The van der Waals surface area contributed by atoms with Crippen LogP contribution in [0.3, 0.4) is 0 Å². The summed E-state index contributed by atoms with van der Waals surface area (Å²) in [5, 5.41) is 14.1. The van der Waals surface area contributed by atoms with E-state index >= 15 is 0 Å². The van der Waals surface area contributed by atoms with Crippen LogP contribution in [0, 0.1) is 29.9 Å². The fourth-order valence-electron chi connectivity index (χ4n) is 2.87. The van der Waals surface area contributed by atoms with Crippen LogP contribution in [0.15, 0.2) is 54.6 Å². The Labute approximate surface area is 148 Å². The topological polar surface area (TPSA) is 54.0 Å². The SMILES string of the molecule is Cc1cc(-c2ccc(F)cc2)c(C#N)c2nc(-c3ccc(F)cc3)nn12. The van der Waals surface area contributed by atoms with E-state index in [9.17, 15) is 14.0 Å². The molecule has 0 atom stereocenters. The van der Waals surface area contributed by atoms with Gasteiger partial charge < -0.3 is 0 Å². The van der Waals surface area contributed by atoms with Gasteiger partial charge in [-0.15, -0.1) is 5.10 Å². The highest BCUT2D eigenvalue weighted by Crippen LogP contribution is 2.29. The summed E-state index contributed by atoms with van der Waals surface area (Å²) in [6.45, 7) is 1.85. The average Bonchev–Trinajstić information content (AvgIpc) is 3.09. The van der Waals surface area contributed by atoms with Crippen molar-refractivity contribution in [2.45, 2.75) is 6.92 Å². The maximum Gasteiger partial charge on any atom is 0.182 e. The molecule has 0 saturated heterocycles. The summed E-state index contributed by atoms with van der Waals surface area (Å²) in [6, 6.07) is 15.8. The lowest BCUT2D eigenvalue weighted by Gasteiger charge is -2.08. The molecule has 4 rings (SSSR count). The van der Waals surface area contributed by atoms with Crippen LogP contribution in [0.5, 0.6) is 0 Å². The number of fused-ring (bicyclic) bond motifs is 1. The number of aryl methyl sites for hydroxylation is 1. The van der Waals surface area contributed by atoms with Crippen molar-refractivity contribution in [3.05, 3.63) is 77.5 Å². The number of hydrogen-bond acceptors (Lipinski definition) is 3. The van der Waals surface area contributed by atoms with Crippen LogP contribution in [0.4, 0.5) is 8.78 Å². The number of halogens is 2. The molecular formula is C20H12F2N4. The van der Waals surface area contributed by atoms with E-state index in [4.69, 9.17) is 0 Å². The monoisotopic (exact) mass is 346 g/mol. The molecule has 2 aromatic carbocycles. The zero-order valence-corrected chi connectivity index (χ0v) is 13.7. The van der Waals surface area contributed by atoms with Gasteiger partial charge in [-0.25, -0.2) is 18.3 Å². The first-order valence-corrected chi connectivity index (χ1v) is 7.89. The largest absolute Gasteiger partial charge is 0.216 e. The van der Waals surface area contributed by atoms with Gasteiger partial charge in [0.15, 0.2) is 11.5 Å². The number of benzene rings is 2. The van der Waals surface area contributed by atoms with Crippen LogP contribution in [0.1, 0.15) is 11.3 Å². The van der Waals surface area contributed by atoms with E-state index in [-0.39, 0.29) is 11.6 Å². The molecule has 26 heavy (non-hydrogen) atoms. The van der Waals surface area contributed by atoms with Gasteiger partial charge in [0.05, 0.1) is 0 Å². The van der Waals surface area contributed by atoms with E-state index in [0.29, 0.717) is 28.2 Å². The molecule has 126 valence electrons. The summed E-state index contributed by atoms with van der Waals surface area (Å²) in [7, 11) is 0. The van der Waals surface area contributed by atoms with Gasteiger partial charge in [0.1, 0.15) is 23.3 Å². The molecule has 0 aliphatic heterocycles. The highest BCUT2D eigenvalue weighted by Gasteiger charge is 2.17. The summed E-state index contributed by atoms with van der Waals surface area (Å²) in [5.41, 5.74) is 3.57. The van der Waals surface area contributed by atoms with E-state index in [0.717, 1.165) is 11.3 Å². The summed E-state index contributed by atoms with van der Waals surface area (Å²) in [5.74, 6) is -0.281. The zero-order valence-electron chi connectivity index (χ0n) is 13.7. The van der Waals surface area contributed by atoms with Gasteiger partial charge in [-0.3, -0.25) is 0 Å². The van der Waals surface area contributed by atoms with E-state index < -0.39 is 0 Å². The second-order valence-electron chi connectivity index (χ2n) is 5.87. The highest BCUT2D eigenvalue weighted by atomic mass is 19.1. The van der Waals surface area contributed by atoms with E-state index in [2.05, 4.69) is 16.2 Å². The standard InChI is InChI=1S/C20H12F2N4/c1-12-10-17(13-2-6-15(21)7-3-13)18(11-23)20-24-19(25-26(12)20)14-4-8-16(22)9-5-14/h2-10H,1H3. The average molecular weight is 346 g/mol. The van der Waals surface area contributed by atoms with Crippen molar-refractivity contribution in [3.63, 3.8) is 0 Å². The molecule has 0 unspecified atom stereocenters. The molecular weight excluding hydrogens is 334 g/mol. The Bertz CT molecular complexity index is 1150. The van der Waals surface area contributed by atoms with Gasteiger partial charge in [0.25, 0.3) is 0 Å². The number of nitrogens with zero attached hydrogens (tertiary/aromatic N) is 4. The van der Waals surface area contributed by atoms with E-state index in [1.54, 1.807) is 28.8 Å². The Hall–Kier alpha value is -3.59. The zero-order chi connectivity index (χ0) is 18.3. The van der Waals surface area contributed by atoms with Crippen LogP contribution in [0.25, 0.3) is 28.2 Å². The Morgan fingerprint density at radius 1 is 0.923 bits per heavy atom. The van der Waals surface area contributed by atoms with Crippen LogP contribution in [-0.2, 0) is 0 Å². The molecule has 0 fully saturated rings. The lowest BCUT2D eigenvalue weighted by molar-refractivity contribution is 0.627. The van der Waals surface area contributed by atoms with Crippen LogP contribution in [0.2, 0.25) is 0 Å². The first-order valence-electron chi connectivity index (χ1n) is 7.89. The molecule has 0 amide bonds. The van der Waals surface area contributed by atoms with Crippen molar-refractivity contribution in [2.75, 3.05) is 0 Å². The molecule has 0 aliphatic carbocycles. The molecule has 0 spiro atoms. The third kappa shape index (κ3) is 2.60. The van der Waals surface area contributed by atoms with Crippen molar-refractivity contribution in [1.82, 2.24) is 14.6 Å². The number of rotatable bonds is 2. The summed E-state index contributed by atoms with van der Waals surface area (Å²) >= 11 is 0. The highest BCUT2D eigenvalue weighted by molar-refractivity contribution is 5.78. The van der Waals surface area contributed by atoms with Crippen molar-refractivity contribution in [1.29, 1.82) is 5.26 Å². The fourth-order valence-corrected chi connectivity index (χ4v) is 2.87. The van der Waals surface area contributed by atoms with E-state index in [1.807, 2.05) is 13.0 Å². The van der Waals surface area contributed by atoms with Gasteiger partial charge in [-0.1, -0.05) is 12.1 Å². The molecule has 6 heteroatoms. The van der Waals surface area contributed by atoms with Gasteiger partial charge in [-0.05, 0) is 55.0 Å². The number of pyridine rings is 1. The second-order valence-corrected chi connectivity index (χ2v) is 5.87. The Balaban J connectivity index is 1.95. The summed E-state index contributed by atoms with van der Waals surface area (Å²) in [6.07, 6.45) is 0. The molecule has 0 radical (unpaired) electrons. The summed E-state index contributed by atoms with van der Waals surface area (Å²) in [4.78, 5) is 4.48. The third-order valence-corrected chi connectivity index (χ3v) is 4.16. The van der Waals surface area contributed by atoms with Gasteiger partial charge in [0, 0.05) is 16.8 Å². The van der Waals surface area contributed by atoms with Gasteiger partial charge in [0.2, 0.25) is 0 Å². The van der Waals surface area contributed by atoms with Crippen molar-refractivity contribution < 1.29 is 8.78 Å². The molecule has 0 aliphatic rings. The first-order chi connectivity index (χ1) is 12.6. The molecule has 0 N–H and O–H groups in total. The number of hydrogen-bond donors (Lipinski definition) is 0. The summed E-state index contributed by atoms with van der Waals surface area (Å²) < 4.78 is 27.9. The molecule has 2 aromatic heterocycles. The lowest BCUT2D eigenvalue weighted by Crippen LogP contribution is -1.99. The molecule has 0 saturated carbocycles. The third-order valence-electron chi connectivity index (χ3n) is 4.16. The number of aromatic nitrogens is 3. The first kappa shape index (κ1) is 15.9. The quantitative estimate of drug-likeness (QED) is 0.536. The molecule has 4 nitrogen and oxygen atoms in total. The van der Waals surface area contributed by atoms with Crippen LogP contribution in [-0.4, -0.2) is 14.6 Å². The Morgan fingerprint density at radius 2 is 1.50 bits per heavy atom. The van der Waals surface area contributed by atoms with Crippen molar-refractivity contribution >= 4 is 5.65 Å². The van der Waals surface area contributed by atoms with E-state index in [1.165, 1.54) is 24.3 Å². The maximum atomic E-state index is 13.2. The maximum absolute atomic E-state index is 13.2. The normalized spacial score (nSPS) is 10.8. The molecule has 2 heterocycles.